The van der Waals surface area contributed by atoms with Crippen molar-refractivity contribution in [2.24, 2.45) is 0 Å². The normalized spacial score (nSPS) is 10.1. The molecule has 1 aromatic carbocycles. The molecule has 1 aromatic rings. The summed E-state index contributed by atoms with van der Waals surface area (Å²) in [5.41, 5.74) is 0.977. The summed E-state index contributed by atoms with van der Waals surface area (Å²) in [4.78, 5) is 33.6. The van der Waals surface area contributed by atoms with Gasteiger partial charge in [0.25, 0.3) is 5.69 Å². The summed E-state index contributed by atoms with van der Waals surface area (Å²) in [6.45, 7) is 0.200. The van der Waals surface area contributed by atoms with Crippen LogP contribution in [-0.2, 0) is 16.0 Å². The monoisotopic (exact) mass is 294 g/mol. The van der Waals surface area contributed by atoms with E-state index in [9.17, 15) is 19.7 Å². The molecule has 0 aromatic heterocycles. The Bertz CT molecular complexity index is 513. The van der Waals surface area contributed by atoms with E-state index in [1.54, 1.807) is 19.2 Å². The summed E-state index contributed by atoms with van der Waals surface area (Å²) < 4.78 is 0. The van der Waals surface area contributed by atoms with Crippen LogP contribution in [0.2, 0.25) is 0 Å². The van der Waals surface area contributed by atoms with Gasteiger partial charge in [0.15, 0.2) is 0 Å². The van der Waals surface area contributed by atoms with Gasteiger partial charge in [-0.1, -0.05) is 12.1 Å². The van der Waals surface area contributed by atoms with E-state index >= 15 is 0 Å². The summed E-state index contributed by atoms with van der Waals surface area (Å²) in [5.74, 6) is -1.03. The number of carbonyl (C=O) groups excluding carboxylic acids is 1. The van der Waals surface area contributed by atoms with Gasteiger partial charge in [-0.05, 0) is 18.4 Å². The highest BCUT2D eigenvalue weighted by Gasteiger charge is 2.10. The number of hydrogen-bond donors (Lipinski definition) is 1. The number of benzene rings is 1. The highest BCUT2D eigenvalue weighted by Crippen LogP contribution is 2.13. The first kappa shape index (κ1) is 16.6. The number of carbonyl (C=O) groups is 2. The lowest BCUT2D eigenvalue weighted by Crippen LogP contribution is -2.28. The van der Waals surface area contributed by atoms with Gasteiger partial charge in [0.1, 0.15) is 0 Å². The van der Waals surface area contributed by atoms with Crippen molar-refractivity contribution in [1.29, 1.82) is 0 Å². The van der Waals surface area contributed by atoms with Crippen LogP contribution >= 0.6 is 0 Å². The van der Waals surface area contributed by atoms with Crippen molar-refractivity contribution in [1.82, 2.24) is 4.90 Å². The fourth-order valence-corrected chi connectivity index (χ4v) is 1.81. The number of nitrogens with zero attached hydrogens (tertiary/aromatic N) is 2. The van der Waals surface area contributed by atoms with Crippen LogP contribution in [0.15, 0.2) is 24.3 Å². The topological polar surface area (TPSA) is 101 Å². The Balaban J connectivity index is 2.34. The maximum atomic E-state index is 11.7. The van der Waals surface area contributed by atoms with E-state index in [-0.39, 0.29) is 24.6 Å². The van der Waals surface area contributed by atoms with E-state index in [4.69, 9.17) is 5.11 Å². The number of rotatable bonds is 8. The maximum Gasteiger partial charge on any atom is 0.305 e. The number of non-ortho nitro benzene ring substituents is 1. The Labute approximate surface area is 122 Å². The van der Waals surface area contributed by atoms with Gasteiger partial charge in [-0.3, -0.25) is 19.7 Å². The molecule has 0 fully saturated rings. The molecule has 0 spiro atoms. The minimum atomic E-state index is -0.930. The number of nitro groups is 1. The lowest BCUT2D eigenvalue weighted by Gasteiger charge is -2.15. The largest absolute Gasteiger partial charge is 0.481 e. The van der Waals surface area contributed by atoms with E-state index in [1.807, 2.05) is 0 Å². The average Bonchev–Trinajstić information content (AvgIpc) is 2.45. The van der Waals surface area contributed by atoms with Crippen LogP contribution in [0.25, 0.3) is 0 Å². The van der Waals surface area contributed by atoms with Crippen LogP contribution in [0.3, 0.4) is 0 Å². The Morgan fingerprint density at radius 2 is 1.86 bits per heavy atom. The standard InChI is InChI=1S/C14H18N2O5/c1-15(10-9-14(18)19)13(17)4-2-3-11-5-7-12(8-6-11)16(20)21/h5-8H,2-4,9-10H2,1H3,(H,18,19). The number of carboxylic acids is 1. The summed E-state index contributed by atoms with van der Waals surface area (Å²) in [5, 5.41) is 19.1. The third-order valence-corrected chi connectivity index (χ3v) is 3.09. The van der Waals surface area contributed by atoms with Gasteiger partial charge in [-0.15, -0.1) is 0 Å². The molecule has 0 heterocycles. The first-order valence-corrected chi connectivity index (χ1v) is 6.59. The first-order valence-electron chi connectivity index (χ1n) is 6.59. The molecule has 0 saturated carbocycles. The third kappa shape index (κ3) is 6.03. The minimum Gasteiger partial charge on any atom is -0.481 e. The van der Waals surface area contributed by atoms with Gasteiger partial charge < -0.3 is 10.0 Å². The molecule has 1 amide bonds. The zero-order valence-electron chi connectivity index (χ0n) is 11.8. The molecule has 21 heavy (non-hydrogen) atoms. The lowest BCUT2D eigenvalue weighted by atomic mass is 10.1. The van der Waals surface area contributed by atoms with Crippen molar-refractivity contribution >= 4 is 17.6 Å². The predicted molar refractivity (Wildman–Crippen MR) is 75.9 cm³/mol. The number of amides is 1. The summed E-state index contributed by atoms with van der Waals surface area (Å²) in [7, 11) is 1.58. The van der Waals surface area contributed by atoms with E-state index in [0.29, 0.717) is 19.3 Å². The summed E-state index contributed by atoms with van der Waals surface area (Å²) in [6.07, 6.45) is 1.53. The summed E-state index contributed by atoms with van der Waals surface area (Å²) >= 11 is 0. The van der Waals surface area contributed by atoms with Crippen molar-refractivity contribution in [3.8, 4) is 0 Å². The third-order valence-electron chi connectivity index (χ3n) is 3.09. The highest BCUT2D eigenvalue weighted by atomic mass is 16.6. The number of hydrogen-bond acceptors (Lipinski definition) is 4. The van der Waals surface area contributed by atoms with Gasteiger partial charge in [-0.2, -0.15) is 0 Å². The van der Waals surface area contributed by atoms with Crippen LogP contribution in [0.5, 0.6) is 0 Å². The van der Waals surface area contributed by atoms with Crippen molar-refractivity contribution < 1.29 is 19.6 Å². The van der Waals surface area contributed by atoms with Crippen molar-refractivity contribution in [2.45, 2.75) is 25.7 Å². The SMILES string of the molecule is CN(CCC(=O)O)C(=O)CCCc1ccc([N+](=O)[O-])cc1. The van der Waals surface area contributed by atoms with Crippen molar-refractivity contribution in [3.05, 3.63) is 39.9 Å². The molecular weight excluding hydrogens is 276 g/mol. The van der Waals surface area contributed by atoms with Crippen molar-refractivity contribution in [3.63, 3.8) is 0 Å². The number of aliphatic carboxylic acids is 1. The molecular formula is C14H18N2O5. The molecule has 7 nitrogen and oxygen atoms in total. The van der Waals surface area contributed by atoms with Crippen LogP contribution in [0, 0.1) is 10.1 Å². The molecule has 1 N–H and O–H groups in total. The highest BCUT2D eigenvalue weighted by molar-refractivity contribution is 5.76. The second kappa shape index (κ2) is 7.98. The fraction of sp³-hybridized carbons (Fsp3) is 0.429. The van der Waals surface area contributed by atoms with Crippen LogP contribution < -0.4 is 0 Å². The quantitative estimate of drug-likeness (QED) is 0.582. The zero-order chi connectivity index (χ0) is 15.8. The predicted octanol–water partition coefficient (Wildman–Crippen LogP) is 1.85. The molecule has 0 aliphatic heterocycles. The smallest absolute Gasteiger partial charge is 0.305 e. The first-order chi connectivity index (χ1) is 9.90. The molecule has 0 aliphatic carbocycles. The number of aryl methyl sites for hydroxylation is 1. The van der Waals surface area contributed by atoms with E-state index in [2.05, 4.69) is 0 Å². The Hall–Kier alpha value is -2.44. The lowest BCUT2D eigenvalue weighted by molar-refractivity contribution is -0.384. The number of carboxylic acid groups (broad SMARTS) is 1. The molecule has 0 radical (unpaired) electrons. The second-order valence-corrected chi connectivity index (χ2v) is 4.74. The van der Waals surface area contributed by atoms with Crippen LogP contribution in [0.1, 0.15) is 24.8 Å². The molecule has 0 atom stereocenters. The Morgan fingerprint density at radius 3 is 2.38 bits per heavy atom. The minimum absolute atomic E-state index is 0.0447. The van der Waals surface area contributed by atoms with E-state index in [0.717, 1.165) is 5.56 Å². The van der Waals surface area contributed by atoms with Gasteiger partial charge in [0.2, 0.25) is 5.91 Å². The molecule has 114 valence electrons. The van der Waals surface area contributed by atoms with Crippen LogP contribution in [-0.4, -0.2) is 40.4 Å². The van der Waals surface area contributed by atoms with Crippen LogP contribution in [0.4, 0.5) is 5.69 Å². The zero-order valence-corrected chi connectivity index (χ0v) is 11.8. The number of nitro benzene ring substituents is 1. The van der Waals surface area contributed by atoms with Gasteiger partial charge in [0.05, 0.1) is 11.3 Å². The van der Waals surface area contributed by atoms with Gasteiger partial charge in [-0.25, -0.2) is 0 Å². The second-order valence-electron chi connectivity index (χ2n) is 4.74. The molecule has 1 rings (SSSR count). The van der Waals surface area contributed by atoms with E-state index < -0.39 is 10.9 Å². The average molecular weight is 294 g/mol. The molecule has 0 saturated heterocycles. The van der Waals surface area contributed by atoms with Crippen molar-refractivity contribution in [2.75, 3.05) is 13.6 Å². The molecule has 0 aliphatic rings. The van der Waals surface area contributed by atoms with Gasteiger partial charge >= 0.3 is 5.97 Å². The Morgan fingerprint density at radius 1 is 1.24 bits per heavy atom. The van der Waals surface area contributed by atoms with E-state index in [1.165, 1.54) is 17.0 Å². The fourth-order valence-electron chi connectivity index (χ4n) is 1.81. The molecule has 0 unspecified atom stereocenters. The summed E-state index contributed by atoms with van der Waals surface area (Å²) in [6, 6.07) is 6.24. The molecule has 0 bridgehead atoms. The maximum absolute atomic E-state index is 11.7. The Kier molecular flexibility index (Phi) is 6.32. The molecule has 7 heteroatoms. The van der Waals surface area contributed by atoms with Gasteiger partial charge in [0, 0.05) is 32.1 Å².